The smallest absolute Gasteiger partial charge is 0.223 e. The molecule has 1 aromatic heterocycles. The number of nitrogens with zero attached hydrogens (tertiary/aromatic N) is 2. The van der Waals surface area contributed by atoms with Gasteiger partial charge in [0.05, 0.1) is 0 Å². The lowest BCUT2D eigenvalue weighted by molar-refractivity contribution is -0.137. The van der Waals surface area contributed by atoms with Crippen molar-refractivity contribution in [3.63, 3.8) is 0 Å². The van der Waals surface area contributed by atoms with Gasteiger partial charge in [0.25, 0.3) is 0 Å². The number of carbonyl (C=O) groups is 2. The minimum atomic E-state index is 0.000903. The number of Topliss-reactive ketones (excluding diaryl/α,β-unsaturated/α-hetero) is 1. The highest BCUT2D eigenvalue weighted by molar-refractivity contribution is 5.88. The summed E-state index contributed by atoms with van der Waals surface area (Å²) in [4.78, 5) is 32.4. The van der Waals surface area contributed by atoms with Crippen LogP contribution in [0, 0.1) is 17.8 Å². The number of hydrogen-bond acceptors (Lipinski definition) is 5. The number of aromatic nitrogens is 2. The van der Waals surface area contributed by atoms with Gasteiger partial charge in [-0.25, -0.2) is 9.97 Å². The molecule has 6 nitrogen and oxygen atoms in total. The summed E-state index contributed by atoms with van der Waals surface area (Å²) in [5.41, 5.74) is 0. The molecular weight excluding hydrogens is 280 g/mol. The number of fused-ring (bicyclic) bond motifs is 2. The van der Waals surface area contributed by atoms with Gasteiger partial charge in [0.15, 0.2) is 0 Å². The summed E-state index contributed by atoms with van der Waals surface area (Å²) in [6, 6.07) is 1.76. The van der Waals surface area contributed by atoms with Crippen LogP contribution in [0.2, 0.25) is 0 Å². The minimum Gasteiger partial charge on any atom is -0.354 e. The van der Waals surface area contributed by atoms with Crippen molar-refractivity contribution in [2.24, 2.45) is 17.8 Å². The van der Waals surface area contributed by atoms with Gasteiger partial charge >= 0.3 is 0 Å². The zero-order valence-electron chi connectivity index (χ0n) is 12.6. The van der Waals surface area contributed by atoms with Crippen LogP contribution in [0.25, 0.3) is 0 Å². The Morgan fingerprint density at radius 2 is 1.82 bits per heavy atom. The third-order valence-corrected chi connectivity index (χ3v) is 4.69. The molecule has 2 aliphatic rings. The Kier molecular flexibility index (Phi) is 4.65. The molecule has 2 unspecified atom stereocenters. The Morgan fingerprint density at radius 1 is 1.14 bits per heavy atom. The van der Waals surface area contributed by atoms with E-state index in [1.54, 1.807) is 18.5 Å². The van der Waals surface area contributed by atoms with Gasteiger partial charge in [-0.15, -0.1) is 0 Å². The Morgan fingerprint density at radius 3 is 2.50 bits per heavy atom. The quantitative estimate of drug-likeness (QED) is 0.803. The fourth-order valence-electron chi connectivity index (χ4n) is 3.59. The first-order valence-corrected chi connectivity index (χ1v) is 8.06. The number of anilines is 1. The second-order valence-corrected chi connectivity index (χ2v) is 6.19. The molecule has 1 aromatic rings. The maximum atomic E-state index is 12.3. The fourth-order valence-corrected chi connectivity index (χ4v) is 3.59. The van der Waals surface area contributed by atoms with Gasteiger partial charge < -0.3 is 10.6 Å². The van der Waals surface area contributed by atoms with Crippen LogP contribution in [0.5, 0.6) is 0 Å². The topological polar surface area (TPSA) is 84.0 Å². The largest absolute Gasteiger partial charge is 0.354 e. The van der Waals surface area contributed by atoms with Crippen LogP contribution < -0.4 is 10.6 Å². The summed E-state index contributed by atoms with van der Waals surface area (Å²) < 4.78 is 0. The molecule has 2 bridgehead atoms. The van der Waals surface area contributed by atoms with Crippen LogP contribution in [0.3, 0.4) is 0 Å². The first kappa shape index (κ1) is 14.9. The number of ketones is 1. The predicted octanol–water partition coefficient (Wildman–Crippen LogP) is 1.40. The molecule has 2 fully saturated rings. The molecule has 0 spiro atoms. The second-order valence-electron chi connectivity index (χ2n) is 6.19. The molecule has 2 atom stereocenters. The van der Waals surface area contributed by atoms with E-state index in [1.165, 1.54) is 0 Å². The van der Waals surface area contributed by atoms with Crippen molar-refractivity contribution < 1.29 is 9.59 Å². The van der Waals surface area contributed by atoms with Gasteiger partial charge in [0.2, 0.25) is 11.9 Å². The highest BCUT2D eigenvalue weighted by atomic mass is 16.2. The minimum absolute atomic E-state index is 0.000903. The van der Waals surface area contributed by atoms with Crippen molar-refractivity contribution in [3.8, 4) is 0 Å². The molecular formula is C16H22N4O2. The monoisotopic (exact) mass is 302 g/mol. The van der Waals surface area contributed by atoms with Crippen LogP contribution >= 0.6 is 0 Å². The third kappa shape index (κ3) is 3.43. The van der Waals surface area contributed by atoms with E-state index in [4.69, 9.17) is 0 Å². The van der Waals surface area contributed by atoms with Crippen molar-refractivity contribution in [2.75, 3.05) is 18.4 Å². The van der Waals surface area contributed by atoms with Crippen LogP contribution in [-0.2, 0) is 9.59 Å². The molecule has 0 radical (unpaired) electrons. The van der Waals surface area contributed by atoms with E-state index >= 15 is 0 Å². The Bertz CT molecular complexity index is 518. The van der Waals surface area contributed by atoms with Crippen LogP contribution in [-0.4, -0.2) is 34.7 Å². The van der Waals surface area contributed by atoms with Crippen LogP contribution in [0.4, 0.5) is 5.95 Å². The summed E-state index contributed by atoms with van der Waals surface area (Å²) in [7, 11) is 0. The highest BCUT2D eigenvalue weighted by Gasteiger charge is 2.41. The lowest BCUT2D eigenvalue weighted by atomic mass is 9.67. The van der Waals surface area contributed by atoms with Gasteiger partial charge in [0.1, 0.15) is 5.78 Å². The average molecular weight is 302 g/mol. The van der Waals surface area contributed by atoms with E-state index in [0.717, 1.165) is 32.1 Å². The lowest BCUT2D eigenvalue weighted by Crippen LogP contribution is -2.43. The summed E-state index contributed by atoms with van der Waals surface area (Å²) in [5, 5.41) is 6.02. The SMILES string of the molecule is O=C(NCCNc1ncccn1)C1CC2CCCC(C1)C2=O. The van der Waals surface area contributed by atoms with E-state index < -0.39 is 0 Å². The molecule has 2 aliphatic carbocycles. The molecule has 0 saturated heterocycles. The van der Waals surface area contributed by atoms with Crippen LogP contribution in [0.15, 0.2) is 18.5 Å². The Hall–Kier alpha value is -1.98. The normalized spacial score (nSPS) is 27.3. The van der Waals surface area contributed by atoms with Crippen molar-refractivity contribution >= 4 is 17.6 Å². The van der Waals surface area contributed by atoms with E-state index in [9.17, 15) is 9.59 Å². The molecule has 0 aliphatic heterocycles. The van der Waals surface area contributed by atoms with E-state index in [2.05, 4.69) is 20.6 Å². The summed E-state index contributed by atoms with van der Waals surface area (Å²) in [5.74, 6) is 1.30. The van der Waals surface area contributed by atoms with Crippen molar-refractivity contribution in [1.29, 1.82) is 0 Å². The maximum Gasteiger partial charge on any atom is 0.223 e. The molecule has 2 N–H and O–H groups in total. The number of rotatable bonds is 5. The predicted molar refractivity (Wildman–Crippen MR) is 82.1 cm³/mol. The third-order valence-electron chi connectivity index (χ3n) is 4.69. The molecule has 1 heterocycles. The molecule has 22 heavy (non-hydrogen) atoms. The molecule has 6 heteroatoms. The summed E-state index contributed by atoms with van der Waals surface area (Å²) in [6.45, 7) is 1.13. The van der Waals surface area contributed by atoms with Gasteiger partial charge in [-0.3, -0.25) is 9.59 Å². The molecule has 118 valence electrons. The number of amides is 1. The van der Waals surface area contributed by atoms with Crippen molar-refractivity contribution in [3.05, 3.63) is 18.5 Å². The standard InChI is InChI=1S/C16H22N4O2/c21-14-11-3-1-4-12(14)10-13(9-11)15(22)17-7-8-20-16-18-5-2-6-19-16/h2,5-6,11-13H,1,3-4,7-10H2,(H,17,22)(H,18,19,20). The highest BCUT2D eigenvalue weighted by Crippen LogP contribution is 2.40. The molecule has 1 amide bonds. The van der Waals surface area contributed by atoms with Gasteiger partial charge in [-0.2, -0.15) is 0 Å². The fraction of sp³-hybridized carbons (Fsp3) is 0.625. The van der Waals surface area contributed by atoms with Crippen LogP contribution in [0.1, 0.15) is 32.1 Å². The van der Waals surface area contributed by atoms with Crippen molar-refractivity contribution in [2.45, 2.75) is 32.1 Å². The molecule has 0 aromatic carbocycles. The first-order valence-electron chi connectivity index (χ1n) is 8.06. The van der Waals surface area contributed by atoms with E-state index in [1.807, 2.05) is 0 Å². The van der Waals surface area contributed by atoms with Gasteiger partial charge in [0, 0.05) is 43.2 Å². The number of nitrogens with one attached hydrogen (secondary N) is 2. The zero-order chi connectivity index (χ0) is 15.4. The summed E-state index contributed by atoms with van der Waals surface area (Å²) >= 11 is 0. The summed E-state index contributed by atoms with van der Waals surface area (Å²) in [6.07, 6.45) is 7.87. The lowest BCUT2D eigenvalue weighted by Gasteiger charge is -2.36. The number of hydrogen-bond donors (Lipinski definition) is 2. The first-order chi connectivity index (χ1) is 10.7. The maximum absolute atomic E-state index is 12.3. The van der Waals surface area contributed by atoms with Crippen molar-refractivity contribution in [1.82, 2.24) is 15.3 Å². The zero-order valence-corrected chi connectivity index (χ0v) is 12.6. The molecule has 2 saturated carbocycles. The number of carbonyl (C=O) groups excluding carboxylic acids is 2. The Balaban J connectivity index is 1.42. The van der Waals surface area contributed by atoms with Gasteiger partial charge in [-0.05, 0) is 31.7 Å². The average Bonchev–Trinajstić information content (AvgIpc) is 2.52. The Labute approximate surface area is 130 Å². The molecule has 3 rings (SSSR count). The van der Waals surface area contributed by atoms with Gasteiger partial charge in [-0.1, -0.05) is 6.42 Å². The van der Waals surface area contributed by atoms with E-state index in [-0.39, 0.29) is 23.7 Å². The second kappa shape index (κ2) is 6.85. The van der Waals surface area contributed by atoms with E-state index in [0.29, 0.717) is 24.8 Å².